The van der Waals surface area contributed by atoms with Gasteiger partial charge in [0.05, 0.1) is 33.4 Å². The molecule has 0 saturated carbocycles. The summed E-state index contributed by atoms with van der Waals surface area (Å²) >= 11 is 0. The Kier molecular flexibility index (Phi) is 58.9. The summed E-state index contributed by atoms with van der Waals surface area (Å²) < 4.78 is 0. The van der Waals surface area contributed by atoms with Crippen molar-refractivity contribution in [3.05, 3.63) is 467 Å². The molecule has 498 valence electrons. The van der Waals surface area contributed by atoms with Gasteiger partial charge < -0.3 is 0 Å². The molecule has 0 nitrogen and oxygen atoms in total. The van der Waals surface area contributed by atoms with Gasteiger partial charge >= 0.3 is 0 Å². The minimum atomic E-state index is 0. The van der Waals surface area contributed by atoms with E-state index in [1.54, 1.807) is 0 Å². The zero-order valence-electron chi connectivity index (χ0n) is 61.2. The van der Waals surface area contributed by atoms with Crippen molar-refractivity contribution in [2.75, 3.05) is 0 Å². The Morgan fingerprint density at radius 2 is 0.246 bits per heavy atom. The average molecular weight is 2330 g/mol. The first kappa shape index (κ1) is 110. The van der Waals surface area contributed by atoms with Gasteiger partial charge in [-0.1, -0.05) is 169 Å². The maximum absolute atomic E-state index is 3.47. The van der Waals surface area contributed by atoms with Crippen LogP contribution >= 0.6 is 0 Å². The Morgan fingerprint density at radius 1 is 0.140 bits per heavy atom. The van der Waals surface area contributed by atoms with Crippen molar-refractivity contribution >= 4 is 64.6 Å². The maximum atomic E-state index is 3.47. The Bertz CT molecular complexity index is 5020. The molecular formula is C102H42Y12-12. The molecule has 14 aromatic carbocycles. The molecule has 12 bridgehead atoms. The molecule has 14 rings (SSSR count). The van der Waals surface area contributed by atoms with Gasteiger partial charge in [-0.3, -0.25) is 0 Å². The van der Waals surface area contributed by atoms with E-state index in [0.717, 1.165) is 98.0 Å². The first-order chi connectivity index (χ1) is 50.5. The molecule has 14 aromatic rings. The second-order valence-electron chi connectivity index (χ2n) is 22.0. The molecule has 0 aromatic heterocycles. The van der Waals surface area contributed by atoms with Crippen LogP contribution in [0.15, 0.2) is 255 Å². The van der Waals surface area contributed by atoms with Crippen LogP contribution in [0.5, 0.6) is 0 Å². The summed E-state index contributed by atoms with van der Waals surface area (Å²) in [7, 11) is 0. The van der Waals surface area contributed by atoms with E-state index in [2.05, 4.69) is 217 Å². The van der Waals surface area contributed by atoms with E-state index < -0.39 is 0 Å². The van der Waals surface area contributed by atoms with Crippen molar-refractivity contribution in [3.63, 3.8) is 0 Å². The zero-order valence-corrected chi connectivity index (χ0v) is 95.2. The number of fused-ring (bicyclic) bond motifs is 12. The van der Waals surface area contributed by atoms with Crippen molar-refractivity contribution in [2.24, 2.45) is 0 Å². The Labute approximate surface area is 975 Å². The van der Waals surface area contributed by atoms with Crippen LogP contribution < -0.4 is 0 Å². The van der Waals surface area contributed by atoms with Gasteiger partial charge in [0.25, 0.3) is 0 Å². The topological polar surface area (TPSA) is 0 Å². The molecule has 0 heterocycles. The summed E-state index contributed by atoms with van der Waals surface area (Å²) in [5.74, 6) is 41.0. The van der Waals surface area contributed by atoms with Crippen LogP contribution in [0.2, 0.25) is 0 Å². The van der Waals surface area contributed by atoms with Crippen LogP contribution in [0.4, 0.5) is 0 Å². The van der Waals surface area contributed by atoms with E-state index in [1.165, 1.54) is 0 Å². The van der Waals surface area contributed by atoms with Crippen molar-refractivity contribution in [3.8, 4) is 71.0 Å². The molecule has 0 atom stereocenters. The predicted octanol–water partition coefficient (Wildman–Crippen LogP) is 18.9. The SMILES string of the molecule is C(#Cc1c(C#Cc2cc[c-]cc2)c(C#Cc2cc[c-]cc2)c(C#Cc2cc[c-]cc2)c(C#Cc2cc[c-]cc2)c1C#Cc1cc[c-]cc1)c1cc[c-]cc1.[Y].[Y].[Y].[Y].[Y].[Y].[Y].[Y].[Y].[Y].[Y].[Y].c1c2c[c-]cc(c#cc3c[c-]cc(c#cc4c[c-]cc(c#cc5c[c-]cc(c#cc6c[c-]cc(c#cc7c[c-]cc(c#1)c7)c6)c5)c4)c3)c2. The maximum Gasteiger partial charge on any atom is 0.0587 e. The average Bonchev–Trinajstić information content (AvgIpc) is 0.761. The molecule has 0 saturated heterocycles. The van der Waals surface area contributed by atoms with Gasteiger partial charge in [0.2, 0.25) is 0 Å². The van der Waals surface area contributed by atoms with Gasteiger partial charge in [-0.25, -0.2) is 0 Å². The molecule has 12 radical (unpaired) electrons. The monoisotopic (exact) mass is 2330 g/mol. The van der Waals surface area contributed by atoms with Crippen LogP contribution in [0.1, 0.15) is 66.8 Å². The Hall–Kier alpha value is -2.17. The molecule has 0 fully saturated rings. The predicted molar refractivity (Wildman–Crippen MR) is 404 cm³/mol. The minimum Gasteiger partial charge on any atom is -0.184 e. The zero-order chi connectivity index (χ0) is 69.0. The summed E-state index contributed by atoms with van der Waals surface area (Å²) in [6.07, 6.45) is 0. The molecule has 0 aliphatic heterocycles. The van der Waals surface area contributed by atoms with Gasteiger partial charge in [0.1, 0.15) is 0 Å². The van der Waals surface area contributed by atoms with Crippen molar-refractivity contribution in [1.82, 2.24) is 0 Å². The second-order valence-corrected chi connectivity index (χ2v) is 22.0. The summed E-state index contributed by atoms with van der Waals surface area (Å²) in [4.78, 5) is 0. The standard InChI is InChI=1S/C54H24.C48H18.12Y/c1-7-19-43(20-8-1)31-37-49-50(38-32-44-21-9-2-10-22-44)52(40-34-46-25-13-4-14-26-46)54(42-36-48-29-17-6-18-30-48)53(41-35-47-27-15-5-16-28-47)51(49)39-33-45-23-11-3-12-24-45;1-7-37-19-21-39-9-2-11-41(32-39)23-25-43-13-4-15-45(34-43)27-29-47-17-6-18-48(36-47)30-28-46-16-5-14-44(35-46)26-24-42-12-3-10-40(33-42)22-20-38(8-1)31-37;;;;;;;;;;;;/h7-30H;7-18,31-36H;;;;;;;;;;;;/q2*-6;;;;;;;;;;;;. The van der Waals surface area contributed by atoms with E-state index in [4.69, 9.17) is 0 Å². The molecule has 114 heavy (non-hydrogen) atoms. The van der Waals surface area contributed by atoms with E-state index in [0.29, 0.717) is 33.4 Å². The summed E-state index contributed by atoms with van der Waals surface area (Å²) in [5.41, 5.74) is 8.49. The van der Waals surface area contributed by atoms with Gasteiger partial charge in [-0.15, -0.1) is 109 Å². The fourth-order valence-electron chi connectivity index (χ4n) is 9.69. The summed E-state index contributed by atoms with van der Waals surface area (Å²) in [5, 5.41) is 9.73. The Balaban J connectivity index is 0.00000104. The Morgan fingerprint density at radius 3 is 0.351 bits per heavy atom. The van der Waals surface area contributed by atoms with Gasteiger partial charge in [0, 0.05) is 393 Å². The normalized spacial score (nSPS) is 8.42. The van der Waals surface area contributed by atoms with Crippen LogP contribution in [-0.2, 0) is 393 Å². The quantitative estimate of drug-likeness (QED) is 0.105. The molecule has 0 aliphatic carbocycles. The van der Waals surface area contributed by atoms with Crippen molar-refractivity contribution < 1.29 is 393 Å². The first-order valence-corrected chi connectivity index (χ1v) is 31.8. The molecule has 0 amide bonds. The van der Waals surface area contributed by atoms with E-state index in [9.17, 15) is 0 Å². The molecule has 0 aliphatic rings. The number of hydrogen-bond acceptors (Lipinski definition) is 0. The first-order valence-electron chi connectivity index (χ1n) is 31.8. The molecule has 12 heteroatoms. The van der Waals surface area contributed by atoms with E-state index >= 15 is 0 Å². The number of hydrogen-bond donors (Lipinski definition) is 0. The summed E-state index contributed by atoms with van der Waals surface area (Å²) in [6.45, 7) is 0. The van der Waals surface area contributed by atoms with Crippen molar-refractivity contribution in [1.29, 1.82) is 0 Å². The smallest absolute Gasteiger partial charge is 0.0587 e. The molecule has 0 N–H and O–H groups in total. The molecule has 0 unspecified atom stereocenters. The van der Waals surface area contributed by atoms with Gasteiger partial charge in [0.15, 0.2) is 0 Å². The largest absolute Gasteiger partial charge is 0.184 e. The fraction of sp³-hybridized carbons (Fsp3) is 0. The summed E-state index contributed by atoms with van der Waals surface area (Å²) in [6, 6.07) is 155. The third kappa shape index (κ3) is 36.1. The van der Waals surface area contributed by atoms with Gasteiger partial charge in [-0.05, 0) is 0 Å². The van der Waals surface area contributed by atoms with E-state index in [-0.39, 0.29) is 393 Å². The van der Waals surface area contributed by atoms with Crippen LogP contribution in [0.25, 0.3) is 64.6 Å². The third-order valence-corrected chi connectivity index (χ3v) is 14.6. The van der Waals surface area contributed by atoms with Crippen LogP contribution in [0.3, 0.4) is 0 Å². The number of benzene rings is 13. The van der Waals surface area contributed by atoms with Crippen molar-refractivity contribution in [2.45, 2.75) is 0 Å². The second kappa shape index (κ2) is 61.2. The molecular weight excluding hydrogens is 2290 g/mol. The van der Waals surface area contributed by atoms with Gasteiger partial charge in [-0.2, -0.15) is 291 Å². The van der Waals surface area contributed by atoms with Crippen LogP contribution in [0, 0.1) is 217 Å². The molecule has 0 spiro atoms. The minimum absolute atomic E-state index is 0. The third-order valence-electron chi connectivity index (χ3n) is 14.6. The van der Waals surface area contributed by atoms with Crippen LogP contribution in [-0.4, -0.2) is 0 Å². The number of rotatable bonds is 0. The fourth-order valence-corrected chi connectivity index (χ4v) is 9.69. The van der Waals surface area contributed by atoms with E-state index in [1.807, 2.05) is 255 Å².